The van der Waals surface area contributed by atoms with E-state index in [1.807, 2.05) is 0 Å². The van der Waals surface area contributed by atoms with Crippen LogP contribution in [0.25, 0.3) is 0 Å². The van der Waals surface area contributed by atoms with Gasteiger partial charge in [0.15, 0.2) is 0 Å². The molecule has 0 radical (unpaired) electrons. The standard InChI is InChI=1S/C11H18ClN5O2S/c1-16(7-8-20(2,18)19)10-13-9(12)14-11(15-10)17-5-3-4-6-17/h3-8H2,1-2H3. The smallest absolute Gasteiger partial charge is 0.231 e. The van der Waals surface area contributed by atoms with E-state index in [0.717, 1.165) is 25.9 Å². The van der Waals surface area contributed by atoms with Gasteiger partial charge in [0.1, 0.15) is 9.84 Å². The molecule has 20 heavy (non-hydrogen) atoms. The predicted molar refractivity (Wildman–Crippen MR) is 79.3 cm³/mol. The molecule has 1 fully saturated rings. The molecule has 0 atom stereocenters. The van der Waals surface area contributed by atoms with E-state index in [1.54, 1.807) is 11.9 Å². The fourth-order valence-corrected chi connectivity index (χ4v) is 2.72. The average molecular weight is 320 g/mol. The SMILES string of the molecule is CN(CCS(C)(=O)=O)c1nc(Cl)nc(N2CCCC2)n1. The van der Waals surface area contributed by atoms with E-state index in [-0.39, 0.29) is 11.0 Å². The van der Waals surface area contributed by atoms with Crippen LogP contribution < -0.4 is 9.80 Å². The van der Waals surface area contributed by atoms with Gasteiger partial charge in [-0.05, 0) is 24.4 Å². The maximum absolute atomic E-state index is 11.2. The highest BCUT2D eigenvalue weighted by Crippen LogP contribution is 2.19. The highest BCUT2D eigenvalue weighted by Gasteiger charge is 2.18. The van der Waals surface area contributed by atoms with Gasteiger partial charge in [-0.3, -0.25) is 0 Å². The maximum Gasteiger partial charge on any atom is 0.231 e. The zero-order valence-corrected chi connectivity index (χ0v) is 13.2. The summed E-state index contributed by atoms with van der Waals surface area (Å²) < 4.78 is 22.4. The Morgan fingerprint density at radius 1 is 1.25 bits per heavy atom. The molecule has 9 heteroatoms. The monoisotopic (exact) mass is 319 g/mol. The van der Waals surface area contributed by atoms with Crippen molar-refractivity contribution in [2.45, 2.75) is 12.8 Å². The molecular formula is C11H18ClN5O2S. The number of nitrogens with zero attached hydrogens (tertiary/aromatic N) is 5. The lowest BCUT2D eigenvalue weighted by molar-refractivity contribution is 0.600. The molecule has 0 unspecified atom stereocenters. The Morgan fingerprint density at radius 3 is 2.50 bits per heavy atom. The summed E-state index contributed by atoms with van der Waals surface area (Å²) in [6.45, 7) is 2.14. The van der Waals surface area contributed by atoms with Gasteiger partial charge in [0.2, 0.25) is 17.2 Å². The number of halogens is 1. The van der Waals surface area contributed by atoms with Gasteiger partial charge < -0.3 is 9.80 Å². The van der Waals surface area contributed by atoms with E-state index in [9.17, 15) is 8.42 Å². The van der Waals surface area contributed by atoms with Gasteiger partial charge in [0, 0.05) is 32.9 Å². The van der Waals surface area contributed by atoms with Crippen LogP contribution in [-0.4, -0.2) is 62.1 Å². The van der Waals surface area contributed by atoms with Gasteiger partial charge >= 0.3 is 0 Å². The van der Waals surface area contributed by atoms with E-state index in [0.29, 0.717) is 18.4 Å². The van der Waals surface area contributed by atoms with Crippen molar-refractivity contribution >= 4 is 33.3 Å². The molecule has 2 heterocycles. The Balaban J connectivity index is 2.14. The molecule has 0 aliphatic carbocycles. The first kappa shape index (κ1) is 15.2. The van der Waals surface area contributed by atoms with Crippen molar-refractivity contribution in [3.8, 4) is 0 Å². The lowest BCUT2D eigenvalue weighted by Crippen LogP contribution is -2.28. The summed E-state index contributed by atoms with van der Waals surface area (Å²) in [4.78, 5) is 16.3. The quantitative estimate of drug-likeness (QED) is 0.786. The first-order chi connectivity index (χ1) is 9.35. The van der Waals surface area contributed by atoms with Crippen LogP contribution in [0.1, 0.15) is 12.8 Å². The van der Waals surface area contributed by atoms with Crippen molar-refractivity contribution in [3.63, 3.8) is 0 Å². The molecule has 1 aromatic heterocycles. The number of rotatable bonds is 5. The van der Waals surface area contributed by atoms with Gasteiger partial charge in [0.05, 0.1) is 5.75 Å². The Kier molecular flexibility index (Phi) is 4.64. The van der Waals surface area contributed by atoms with E-state index in [2.05, 4.69) is 19.9 Å². The maximum atomic E-state index is 11.2. The third-order valence-electron chi connectivity index (χ3n) is 3.11. The van der Waals surface area contributed by atoms with Gasteiger partial charge in [-0.2, -0.15) is 15.0 Å². The Bertz CT molecular complexity index is 574. The van der Waals surface area contributed by atoms with Crippen LogP contribution in [0.2, 0.25) is 5.28 Å². The molecule has 112 valence electrons. The largest absolute Gasteiger partial charge is 0.343 e. The first-order valence-electron chi connectivity index (χ1n) is 6.40. The summed E-state index contributed by atoms with van der Waals surface area (Å²) in [5.74, 6) is 1.01. The summed E-state index contributed by atoms with van der Waals surface area (Å²) in [5, 5.41) is 0.128. The number of hydrogen-bond donors (Lipinski definition) is 0. The average Bonchev–Trinajstić information content (AvgIpc) is 2.88. The van der Waals surface area contributed by atoms with Crippen molar-refractivity contribution in [2.75, 3.05) is 48.5 Å². The normalized spacial score (nSPS) is 15.7. The molecule has 2 rings (SSSR count). The molecule has 0 amide bonds. The first-order valence-corrected chi connectivity index (χ1v) is 8.84. The Labute approximate surface area is 123 Å². The van der Waals surface area contributed by atoms with Crippen molar-refractivity contribution in [1.29, 1.82) is 0 Å². The molecule has 7 nitrogen and oxygen atoms in total. The minimum atomic E-state index is -3.02. The fraction of sp³-hybridized carbons (Fsp3) is 0.727. The minimum Gasteiger partial charge on any atom is -0.343 e. The molecule has 1 aromatic rings. The molecule has 1 aliphatic rings. The Hall–Kier alpha value is -1.15. The van der Waals surface area contributed by atoms with Gasteiger partial charge in [-0.1, -0.05) is 0 Å². The molecular weight excluding hydrogens is 302 g/mol. The van der Waals surface area contributed by atoms with Crippen molar-refractivity contribution in [1.82, 2.24) is 15.0 Å². The molecule has 1 saturated heterocycles. The van der Waals surface area contributed by atoms with Crippen LogP contribution in [0.3, 0.4) is 0 Å². The third kappa shape index (κ3) is 4.17. The van der Waals surface area contributed by atoms with Crippen LogP contribution in [0, 0.1) is 0 Å². The minimum absolute atomic E-state index is 0.0475. The second-order valence-electron chi connectivity index (χ2n) is 4.95. The molecule has 0 aromatic carbocycles. The Morgan fingerprint density at radius 2 is 1.90 bits per heavy atom. The summed E-state index contributed by atoms with van der Waals surface area (Å²) in [6, 6.07) is 0. The van der Waals surface area contributed by atoms with Gasteiger partial charge in [-0.15, -0.1) is 0 Å². The van der Waals surface area contributed by atoms with Gasteiger partial charge in [-0.25, -0.2) is 8.42 Å². The summed E-state index contributed by atoms with van der Waals surface area (Å²) in [6.07, 6.45) is 3.43. The zero-order valence-electron chi connectivity index (χ0n) is 11.6. The van der Waals surface area contributed by atoms with Crippen LogP contribution in [-0.2, 0) is 9.84 Å². The number of sulfone groups is 1. The number of hydrogen-bond acceptors (Lipinski definition) is 7. The zero-order chi connectivity index (χ0) is 14.8. The van der Waals surface area contributed by atoms with Crippen LogP contribution in [0.15, 0.2) is 0 Å². The number of anilines is 2. The van der Waals surface area contributed by atoms with Crippen LogP contribution >= 0.6 is 11.6 Å². The highest BCUT2D eigenvalue weighted by molar-refractivity contribution is 7.90. The van der Waals surface area contributed by atoms with E-state index in [1.165, 1.54) is 6.26 Å². The topological polar surface area (TPSA) is 79.3 Å². The summed E-state index contributed by atoms with van der Waals surface area (Å²) in [7, 11) is -1.28. The highest BCUT2D eigenvalue weighted by atomic mass is 35.5. The summed E-state index contributed by atoms with van der Waals surface area (Å²) in [5.41, 5.74) is 0. The lowest BCUT2D eigenvalue weighted by atomic mass is 10.4. The lowest BCUT2D eigenvalue weighted by Gasteiger charge is -2.20. The predicted octanol–water partition coefficient (Wildman–Crippen LogP) is 0.606. The van der Waals surface area contributed by atoms with Crippen LogP contribution in [0.5, 0.6) is 0 Å². The van der Waals surface area contributed by atoms with E-state index >= 15 is 0 Å². The third-order valence-corrected chi connectivity index (χ3v) is 4.21. The summed E-state index contributed by atoms with van der Waals surface area (Å²) >= 11 is 5.93. The second kappa shape index (κ2) is 6.09. The molecule has 0 bridgehead atoms. The van der Waals surface area contributed by atoms with Crippen molar-refractivity contribution in [3.05, 3.63) is 5.28 Å². The fourth-order valence-electron chi connectivity index (χ4n) is 1.96. The molecule has 1 aliphatic heterocycles. The van der Waals surface area contributed by atoms with Gasteiger partial charge in [0.25, 0.3) is 0 Å². The van der Waals surface area contributed by atoms with E-state index < -0.39 is 9.84 Å². The van der Waals surface area contributed by atoms with Crippen molar-refractivity contribution in [2.24, 2.45) is 0 Å². The van der Waals surface area contributed by atoms with E-state index in [4.69, 9.17) is 11.6 Å². The molecule has 0 N–H and O–H groups in total. The molecule has 0 saturated carbocycles. The van der Waals surface area contributed by atoms with Crippen LogP contribution in [0.4, 0.5) is 11.9 Å². The van der Waals surface area contributed by atoms with Crippen molar-refractivity contribution < 1.29 is 8.42 Å². The molecule has 0 spiro atoms. The second-order valence-corrected chi connectivity index (χ2v) is 7.55. The number of aromatic nitrogens is 3.